The molecule has 0 bridgehead atoms. The van der Waals surface area contributed by atoms with E-state index in [4.69, 9.17) is 21.9 Å². The van der Waals surface area contributed by atoms with E-state index in [0.29, 0.717) is 29.1 Å². The number of rotatable bonds is 4. The summed E-state index contributed by atoms with van der Waals surface area (Å²) in [5.74, 6) is 2.08. The third-order valence-electron chi connectivity index (χ3n) is 4.29. The average molecular weight is 436 g/mol. The molecule has 1 saturated heterocycles. The molecule has 9 heteroatoms. The van der Waals surface area contributed by atoms with Crippen LogP contribution in [0.4, 0.5) is 11.8 Å². The van der Waals surface area contributed by atoms with Gasteiger partial charge in [-0.05, 0) is 30.5 Å². The van der Waals surface area contributed by atoms with Gasteiger partial charge in [0.2, 0.25) is 11.8 Å². The van der Waals surface area contributed by atoms with Crippen LogP contribution in [-0.2, 0) is 6.42 Å². The van der Waals surface area contributed by atoms with Crippen molar-refractivity contribution in [2.24, 2.45) is 0 Å². The van der Waals surface area contributed by atoms with Crippen molar-refractivity contribution in [3.05, 3.63) is 57.2 Å². The molecule has 1 aliphatic heterocycles. The third-order valence-corrected chi connectivity index (χ3v) is 5.01. The molecule has 0 aliphatic carbocycles. The Labute approximate surface area is 163 Å². The molecule has 134 valence electrons. The van der Waals surface area contributed by atoms with Crippen LogP contribution in [0, 0.1) is 0 Å². The molecular weight excluding hydrogens is 420 g/mol. The fourth-order valence-electron chi connectivity index (χ4n) is 3.13. The first kappa shape index (κ1) is 17.2. The van der Waals surface area contributed by atoms with Gasteiger partial charge in [-0.15, -0.1) is 0 Å². The predicted molar refractivity (Wildman–Crippen MR) is 102 cm³/mol. The van der Waals surface area contributed by atoms with Crippen molar-refractivity contribution in [3.63, 3.8) is 0 Å². The highest BCUT2D eigenvalue weighted by molar-refractivity contribution is 9.10. The molecule has 1 aliphatic rings. The lowest BCUT2D eigenvalue weighted by atomic mass is 10.1. The molecule has 0 spiro atoms. The first-order valence-electron chi connectivity index (χ1n) is 8.22. The molecule has 4 rings (SSSR count). The van der Waals surface area contributed by atoms with Gasteiger partial charge in [0.1, 0.15) is 17.0 Å². The number of benzene rings is 1. The van der Waals surface area contributed by atoms with E-state index in [-0.39, 0.29) is 12.0 Å². The molecular formula is C17H16BrClN6O. The molecule has 0 amide bonds. The van der Waals surface area contributed by atoms with Crippen LogP contribution in [0.5, 0.6) is 0 Å². The Morgan fingerprint density at radius 3 is 2.81 bits per heavy atom. The number of aromatic nitrogens is 4. The molecule has 26 heavy (non-hydrogen) atoms. The minimum absolute atomic E-state index is 0.0356. The lowest BCUT2D eigenvalue weighted by Gasteiger charge is -2.22. The lowest BCUT2D eigenvalue weighted by molar-refractivity contribution is 0.351. The first-order chi connectivity index (χ1) is 12.6. The van der Waals surface area contributed by atoms with E-state index >= 15 is 0 Å². The minimum atomic E-state index is -0.0356. The molecule has 1 fully saturated rings. The zero-order valence-electron chi connectivity index (χ0n) is 13.8. The zero-order chi connectivity index (χ0) is 18.1. The van der Waals surface area contributed by atoms with E-state index in [0.717, 1.165) is 29.4 Å². The summed E-state index contributed by atoms with van der Waals surface area (Å²) < 4.78 is 6.58. The summed E-state index contributed by atoms with van der Waals surface area (Å²) in [4.78, 5) is 14.9. The quantitative estimate of drug-likeness (QED) is 0.623. The molecule has 1 unspecified atom stereocenters. The van der Waals surface area contributed by atoms with Crippen molar-refractivity contribution in [3.8, 4) is 0 Å². The highest BCUT2D eigenvalue weighted by Crippen LogP contribution is 2.35. The number of hydrogen-bond acceptors (Lipinski definition) is 7. The third kappa shape index (κ3) is 3.66. The smallest absolute Gasteiger partial charge is 0.249 e. The SMILES string of the molecule is Nc1nc(Cl)cc(N2CCCC2c2nc(Cc3ccc(Br)cc3)no2)n1. The van der Waals surface area contributed by atoms with E-state index in [1.807, 2.05) is 24.3 Å². The van der Waals surface area contributed by atoms with Gasteiger partial charge < -0.3 is 15.2 Å². The highest BCUT2D eigenvalue weighted by atomic mass is 79.9. The number of nitrogens with zero attached hydrogens (tertiary/aromatic N) is 5. The lowest BCUT2D eigenvalue weighted by Crippen LogP contribution is -2.24. The van der Waals surface area contributed by atoms with Gasteiger partial charge in [-0.25, -0.2) is 4.98 Å². The Morgan fingerprint density at radius 2 is 2.04 bits per heavy atom. The number of anilines is 2. The Hall–Kier alpha value is -2.19. The van der Waals surface area contributed by atoms with Gasteiger partial charge in [-0.2, -0.15) is 9.97 Å². The normalized spacial score (nSPS) is 17.0. The van der Waals surface area contributed by atoms with Crippen molar-refractivity contribution in [1.29, 1.82) is 0 Å². The van der Waals surface area contributed by atoms with Crippen molar-refractivity contribution in [2.45, 2.75) is 25.3 Å². The Kier molecular flexibility index (Phi) is 4.78. The van der Waals surface area contributed by atoms with Gasteiger partial charge in [-0.1, -0.05) is 44.8 Å². The van der Waals surface area contributed by atoms with E-state index in [9.17, 15) is 0 Å². The summed E-state index contributed by atoms with van der Waals surface area (Å²) in [5, 5.41) is 4.45. The van der Waals surface area contributed by atoms with Crippen molar-refractivity contribution >= 4 is 39.3 Å². The van der Waals surface area contributed by atoms with Crippen LogP contribution < -0.4 is 10.6 Å². The van der Waals surface area contributed by atoms with E-state index in [2.05, 4.69) is 40.9 Å². The summed E-state index contributed by atoms with van der Waals surface area (Å²) in [6.07, 6.45) is 2.52. The average Bonchev–Trinajstić information content (AvgIpc) is 3.25. The maximum absolute atomic E-state index is 6.02. The molecule has 3 heterocycles. The monoisotopic (exact) mass is 434 g/mol. The van der Waals surface area contributed by atoms with Crippen molar-refractivity contribution in [2.75, 3.05) is 17.2 Å². The van der Waals surface area contributed by atoms with Crippen LogP contribution in [0.1, 0.15) is 36.2 Å². The van der Waals surface area contributed by atoms with Gasteiger partial charge >= 0.3 is 0 Å². The maximum Gasteiger partial charge on any atom is 0.249 e. The molecule has 1 atom stereocenters. The fraction of sp³-hybridized carbons (Fsp3) is 0.294. The van der Waals surface area contributed by atoms with Crippen molar-refractivity contribution < 1.29 is 4.52 Å². The van der Waals surface area contributed by atoms with E-state index in [1.54, 1.807) is 6.07 Å². The Morgan fingerprint density at radius 1 is 1.23 bits per heavy atom. The standard InChI is InChI=1S/C17H16BrClN6O/c18-11-5-3-10(4-6-11)8-14-22-16(26-24-14)12-2-1-7-25(12)15-9-13(19)21-17(20)23-15/h3-6,9,12H,1-2,7-8H2,(H2,20,21,23). The van der Waals surface area contributed by atoms with Crippen LogP contribution in [0.2, 0.25) is 5.15 Å². The molecule has 2 N–H and O–H groups in total. The number of hydrogen-bond donors (Lipinski definition) is 1. The summed E-state index contributed by atoms with van der Waals surface area (Å²) >= 11 is 9.45. The molecule has 3 aromatic rings. The van der Waals surface area contributed by atoms with Gasteiger partial charge in [-0.3, -0.25) is 0 Å². The molecule has 2 aromatic heterocycles. The van der Waals surface area contributed by atoms with E-state index in [1.165, 1.54) is 0 Å². The first-order valence-corrected chi connectivity index (χ1v) is 9.39. The Balaban J connectivity index is 1.55. The van der Waals surface area contributed by atoms with Gasteiger partial charge in [0.15, 0.2) is 5.82 Å². The second kappa shape index (κ2) is 7.20. The molecule has 0 saturated carbocycles. The fourth-order valence-corrected chi connectivity index (χ4v) is 3.58. The van der Waals surface area contributed by atoms with Crippen LogP contribution in [0.15, 0.2) is 39.3 Å². The highest BCUT2D eigenvalue weighted by Gasteiger charge is 2.32. The van der Waals surface area contributed by atoms with Crippen LogP contribution in [0.3, 0.4) is 0 Å². The summed E-state index contributed by atoms with van der Waals surface area (Å²) in [6, 6.07) is 9.74. The maximum atomic E-state index is 6.02. The van der Waals surface area contributed by atoms with Gasteiger partial charge in [0.25, 0.3) is 0 Å². The topological polar surface area (TPSA) is 94.0 Å². The minimum Gasteiger partial charge on any atom is -0.368 e. The molecule has 0 radical (unpaired) electrons. The Bertz CT molecular complexity index is 896. The summed E-state index contributed by atoms with van der Waals surface area (Å²) in [7, 11) is 0. The summed E-state index contributed by atoms with van der Waals surface area (Å²) in [6.45, 7) is 0.821. The molecule has 7 nitrogen and oxygen atoms in total. The largest absolute Gasteiger partial charge is 0.368 e. The van der Waals surface area contributed by atoms with E-state index < -0.39 is 0 Å². The molecule has 1 aromatic carbocycles. The van der Waals surface area contributed by atoms with Gasteiger partial charge in [0.05, 0.1) is 0 Å². The zero-order valence-corrected chi connectivity index (χ0v) is 16.1. The number of nitrogens with two attached hydrogens (primary N) is 1. The second-order valence-corrected chi connectivity index (χ2v) is 7.41. The second-order valence-electron chi connectivity index (χ2n) is 6.11. The van der Waals surface area contributed by atoms with Crippen LogP contribution in [0.25, 0.3) is 0 Å². The van der Waals surface area contributed by atoms with Crippen molar-refractivity contribution in [1.82, 2.24) is 20.1 Å². The number of nitrogen functional groups attached to an aromatic ring is 1. The van der Waals surface area contributed by atoms with Gasteiger partial charge in [0, 0.05) is 23.5 Å². The van der Waals surface area contributed by atoms with Crippen LogP contribution in [-0.4, -0.2) is 26.7 Å². The van der Waals surface area contributed by atoms with Crippen LogP contribution >= 0.6 is 27.5 Å². The predicted octanol–water partition coefficient (Wildman–Crippen LogP) is 3.79. The number of halogens is 2. The summed E-state index contributed by atoms with van der Waals surface area (Å²) in [5.41, 5.74) is 6.85.